The van der Waals surface area contributed by atoms with E-state index in [1.165, 1.54) is 14.2 Å². The van der Waals surface area contributed by atoms with E-state index >= 15 is 0 Å². The van der Waals surface area contributed by atoms with Crippen molar-refractivity contribution < 1.29 is 28.5 Å². The molecule has 128 valence electrons. The van der Waals surface area contributed by atoms with Crippen LogP contribution in [0.4, 0.5) is 0 Å². The monoisotopic (exact) mass is 325 g/mol. The van der Waals surface area contributed by atoms with Gasteiger partial charge >= 0.3 is 5.97 Å². The molecule has 1 aromatic carbocycles. The number of hydrogen-bond acceptors (Lipinski definition) is 7. The molecular weight excluding hydrogens is 302 g/mol. The molecule has 0 aliphatic carbocycles. The lowest BCUT2D eigenvalue weighted by molar-refractivity contribution is -0.144. The molecule has 1 heterocycles. The van der Waals surface area contributed by atoms with Crippen LogP contribution in [0.5, 0.6) is 17.2 Å². The molecule has 0 bridgehead atoms. The van der Waals surface area contributed by atoms with E-state index in [9.17, 15) is 4.79 Å². The van der Waals surface area contributed by atoms with Crippen LogP contribution >= 0.6 is 0 Å². The topological polar surface area (TPSA) is 66.5 Å². The van der Waals surface area contributed by atoms with Gasteiger partial charge in [0.05, 0.1) is 34.0 Å². The predicted molar refractivity (Wildman–Crippen MR) is 83.2 cm³/mol. The van der Waals surface area contributed by atoms with Crippen molar-refractivity contribution in [3.63, 3.8) is 0 Å². The second-order valence-electron chi connectivity index (χ2n) is 5.03. The maximum absolute atomic E-state index is 12.6. The lowest BCUT2D eigenvalue weighted by Gasteiger charge is -2.32. The van der Waals surface area contributed by atoms with Gasteiger partial charge in [0.25, 0.3) is 0 Å². The van der Waals surface area contributed by atoms with Crippen molar-refractivity contribution in [2.45, 2.75) is 6.04 Å². The summed E-state index contributed by atoms with van der Waals surface area (Å²) in [6, 6.07) is 4.69. The number of para-hydroxylation sites is 1. The van der Waals surface area contributed by atoms with E-state index in [4.69, 9.17) is 23.7 Å². The number of morpholine rings is 1. The summed E-state index contributed by atoms with van der Waals surface area (Å²) >= 11 is 0. The summed E-state index contributed by atoms with van der Waals surface area (Å²) in [5.41, 5.74) is 0. The van der Waals surface area contributed by atoms with Crippen LogP contribution < -0.4 is 14.2 Å². The first-order valence-corrected chi connectivity index (χ1v) is 7.44. The smallest absolute Gasteiger partial charge is 0.331 e. The van der Waals surface area contributed by atoms with E-state index < -0.39 is 12.0 Å². The zero-order valence-corrected chi connectivity index (χ0v) is 13.7. The second-order valence-corrected chi connectivity index (χ2v) is 5.03. The lowest BCUT2D eigenvalue weighted by atomic mass is 10.2. The molecule has 1 aliphatic heterocycles. The van der Waals surface area contributed by atoms with Gasteiger partial charge in [-0.25, -0.2) is 4.79 Å². The second kappa shape index (κ2) is 8.71. The van der Waals surface area contributed by atoms with Crippen LogP contribution in [0.25, 0.3) is 0 Å². The fraction of sp³-hybridized carbons (Fsp3) is 0.562. The van der Waals surface area contributed by atoms with E-state index in [0.717, 1.165) is 0 Å². The average molecular weight is 325 g/mol. The highest BCUT2D eigenvalue weighted by Gasteiger charge is 2.30. The number of nitrogens with zero attached hydrogens (tertiary/aromatic N) is 1. The molecule has 1 saturated heterocycles. The fourth-order valence-electron chi connectivity index (χ4n) is 2.46. The lowest BCUT2D eigenvalue weighted by Crippen LogP contribution is -2.51. The number of rotatable bonds is 7. The van der Waals surface area contributed by atoms with Crippen molar-refractivity contribution in [2.75, 3.05) is 54.2 Å². The van der Waals surface area contributed by atoms with Gasteiger partial charge in [-0.1, -0.05) is 6.07 Å². The number of carbonyl (C=O) groups is 1. The summed E-state index contributed by atoms with van der Waals surface area (Å²) in [4.78, 5) is 14.6. The highest BCUT2D eigenvalue weighted by molar-refractivity contribution is 5.80. The Kier molecular flexibility index (Phi) is 6.64. The Morgan fingerprint density at radius 3 is 2.30 bits per heavy atom. The molecule has 1 fully saturated rings. The number of carbonyl (C=O) groups excluding carboxylic acids is 1. The van der Waals surface area contributed by atoms with E-state index in [0.29, 0.717) is 37.8 Å². The third-order valence-electron chi connectivity index (χ3n) is 3.67. The Hall–Kier alpha value is -1.83. The summed E-state index contributed by atoms with van der Waals surface area (Å²) in [5, 5.41) is 0. The molecule has 0 N–H and O–H groups in total. The normalized spacial score (nSPS) is 16.7. The largest absolute Gasteiger partial charge is 0.493 e. The van der Waals surface area contributed by atoms with Crippen molar-refractivity contribution >= 4 is 5.97 Å². The van der Waals surface area contributed by atoms with Crippen LogP contribution in [0, 0.1) is 0 Å². The van der Waals surface area contributed by atoms with Gasteiger partial charge in [0.15, 0.2) is 11.5 Å². The Bertz CT molecular complexity index is 493. The minimum atomic E-state index is -0.501. The van der Waals surface area contributed by atoms with Crippen molar-refractivity contribution in [1.29, 1.82) is 0 Å². The zero-order chi connectivity index (χ0) is 16.7. The molecule has 1 atom stereocenters. The average Bonchev–Trinajstić information content (AvgIpc) is 2.60. The molecule has 1 unspecified atom stereocenters. The van der Waals surface area contributed by atoms with Crippen molar-refractivity contribution in [3.8, 4) is 17.2 Å². The molecule has 7 heteroatoms. The summed E-state index contributed by atoms with van der Waals surface area (Å²) < 4.78 is 26.6. The summed E-state index contributed by atoms with van der Waals surface area (Å²) in [6.45, 7) is 2.74. The molecule has 7 nitrogen and oxygen atoms in total. The molecule has 23 heavy (non-hydrogen) atoms. The van der Waals surface area contributed by atoms with E-state index in [2.05, 4.69) is 0 Å². The van der Waals surface area contributed by atoms with Gasteiger partial charge in [-0.2, -0.15) is 0 Å². The molecule has 0 amide bonds. The highest BCUT2D eigenvalue weighted by Crippen LogP contribution is 2.37. The van der Waals surface area contributed by atoms with Gasteiger partial charge in [-0.05, 0) is 12.1 Å². The molecule has 1 aliphatic rings. The third-order valence-corrected chi connectivity index (χ3v) is 3.67. The van der Waals surface area contributed by atoms with E-state index in [-0.39, 0.29) is 12.4 Å². The fourth-order valence-corrected chi connectivity index (χ4v) is 2.46. The van der Waals surface area contributed by atoms with Gasteiger partial charge < -0.3 is 23.7 Å². The van der Waals surface area contributed by atoms with Gasteiger partial charge in [0.1, 0.15) is 6.04 Å². The summed E-state index contributed by atoms with van der Waals surface area (Å²) in [6.07, 6.45) is 0. The van der Waals surface area contributed by atoms with Crippen LogP contribution in [0.3, 0.4) is 0 Å². The molecule has 0 aromatic heterocycles. The first-order valence-electron chi connectivity index (χ1n) is 7.44. The first-order chi connectivity index (χ1) is 11.2. The molecular formula is C16H23NO6. The van der Waals surface area contributed by atoms with Gasteiger partial charge in [-0.15, -0.1) is 0 Å². The predicted octanol–water partition coefficient (Wildman–Crippen LogP) is 0.956. The van der Waals surface area contributed by atoms with Gasteiger partial charge in [0, 0.05) is 20.2 Å². The minimum Gasteiger partial charge on any atom is -0.493 e. The van der Waals surface area contributed by atoms with Crippen LogP contribution in [-0.2, 0) is 14.3 Å². The van der Waals surface area contributed by atoms with Crippen molar-refractivity contribution in [2.24, 2.45) is 0 Å². The molecule has 0 radical (unpaired) electrons. The Morgan fingerprint density at radius 2 is 1.78 bits per heavy atom. The molecule has 0 saturated carbocycles. The number of hydrogen-bond donors (Lipinski definition) is 0. The molecule has 2 rings (SSSR count). The Morgan fingerprint density at radius 1 is 1.17 bits per heavy atom. The SMILES string of the molecule is COCC(C(=O)Oc1c(OC)cccc1OC)N1CCOCC1. The van der Waals surface area contributed by atoms with E-state index in [1.54, 1.807) is 25.3 Å². The van der Waals surface area contributed by atoms with Crippen LogP contribution in [0.15, 0.2) is 18.2 Å². The Labute approximate surface area is 136 Å². The quantitative estimate of drug-likeness (QED) is 0.546. The van der Waals surface area contributed by atoms with Crippen LogP contribution in [0.1, 0.15) is 0 Å². The van der Waals surface area contributed by atoms with Crippen molar-refractivity contribution in [1.82, 2.24) is 4.90 Å². The van der Waals surface area contributed by atoms with Gasteiger partial charge in [0.2, 0.25) is 5.75 Å². The molecule has 0 spiro atoms. The summed E-state index contributed by atoms with van der Waals surface area (Å²) in [7, 11) is 4.59. The first kappa shape index (κ1) is 17.5. The zero-order valence-electron chi connectivity index (χ0n) is 13.7. The number of ether oxygens (including phenoxy) is 5. The van der Waals surface area contributed by atoms with Gasteiger partial charge in [-0.3, -0.25) is 4.90 Å². The molecule has 1 aromatic rings. The van der Waals surface area contributed by atoms with Crippen LogP contribution in [-0.4, -0.2) is 71.2 Å². The number of esters is 1. The maximum Gasteiger partial charge on any atom is 0.331 e. The minimum absolute atomic E-state index is 0.246. The third kappa shape index (κ3) is 4.34. The highest BCUT2D eigenvalue weighted by atomic mass is 16.6. The summed E-state index contributed by atoms with van der Waals surface area (Å²) in [5.74, 6) is 0.750. The maximum atomic E-state index is 12.6. The Balaban J connectivity index is 2.17. The van der Waals surface area contributed by atoms with Crippen LogP contribution in [0.2, 0.25) is 0 Å². The standard InChI is InChI=1S/C16H23NO6/c1-19-11-12(17-7-9-22-10-8-17)16(18)23-15-13(20-2)5-4-6-14(15)21-3/h4-6,12H,7-11H2,1-3H3. The van der Waals surface area contributed by atoms with E-state index in [1.807, 2.05) is 4.90 Å². The number of benzene rings is 1. The van der Waals surface area contributed by atoms with Crippen molar-refractivity contribution in [3.05, 3.63) is 18.2 Å². The number of methoxy groups -OCH3 is 3.